The Morgan fingerprint density at radius 1 is 0.708 bits per heavy atom. The topological polar surface area (TPSA) is 40.5 Å². The summed E-state index contributed by atoms with van der Waals surface area (Å²) < 4.78 is 0. The van der Waals surface area contributed by atoms with E-state index in [0.29, 0.717) is 10.8 Å². The first-order valence-corrected chi connectivity index (χ1v) is 9.52. The third-order valence-corrected chi connectivity index (χ3v) is 4.49. The molecule has 138 valence electrons. The molecule has 0 amide bonds. The number of benzene rings is 1. The second-order valence-electron chi connectivity index (χ2n) is 9.66. The second kappa shape index (κ2) is 8.78. The molecule has 1 rings (SSSR count). The summed E-state index contributed by atoms with van der Waals surface area (Å²) in [4.78, 5) is 0. The molecule has 0 saturated heterocycles. The maximum absolute atomic E-state index is 10.1. The summed E-state index contributed by atoms with van der Waals surface area (Å²) in [5, 5.41) is 20.1. The van der Waals surface area contributed by atoms with Crippen LogP contribution in [0.5, 0.6) is 11.5 Å². The van der Waals surface area contributed by atoms with Crippen LogP contribution in [0.1, 0.15) is 91.2 Å². The molecule has 0 fully saturated rings. The minimum Gasteiger partial charge on any atom is -0.504 e. The average molecular weight is 335 g/mol. The van der Waals surface area contributed by atoms with Crippen LogP contribution in [0.15, 0.2) is 12.1 Å². The highest BCUT2D eigenvalue weighted by molar-refractivity contribution is 5.47. The Balaban J connectivity index is 2.55. The van der Waals surface area contributed by atoms with E-state index >= 15 is 0 Å². The van der Waals surface area contributed by atoms with Gasteiger partial charge < -0.3 is 10.2 Å². The molecule has 2 heteroatoms. The largest absolute Gasteiger partial charge is 0.504 e. The third kappa shape index (κ3) is 8.61. The Kier molecular flexibility index (Phi) is 7.63. The minimum absolute atomic E-state index is 0.0362. The Bertz CT molecular complexity index is 504. The van der Waals surface area contributed by atoms with Crippen LogP contribution in [0.25, 0.3) is 0 Å². The fraction of sp³-hybridized carbons (Fsp3) is 0.727. The van der Waals surface area contributed by atoms with E-state index in [1.165, 1.54) is 19.3 Å². The zero-order valence-corrected chi connectivity index (χ0v) is 16.7. The number of phenolic OH excluding ortho intramolecular Hbond substituents is 2. The van der Waals surface area contributed by atoms with Crippen molar-refractivity contribution in [3.8, 4) is 11.5 Å². The molecule has 0 aliphatic rings. The molecule has 0 aromatic heterocycles. The van der Waals surface area contributed by atoms with Crippen LogP contribution in [0.2, 0.25) is 0 Å². The van der Waals surface area contributed by atoms with Gasteiger partial charge in [-0.2, -0.15) is 0 Å². The number of hydrogen-bond donors (Lipinski definition) is 2. The maximum atomic E-state index is 10.1. The molecule has 0 aliphatic carbocycles. The number of aryl methyl sites for hydroxylation is 2. The van der Waals surface area contributed by atoms with E-state index < -0.39 is 0 Å². The molecule has 0 spiro atoms. The van der Waals surface area contributed by atoms with Crippen LogP contribution < -0.4 is 0 Å². The van der Waals surface area contributed by atoms with Crippen molar-refractivity contribution in [2.24, 2.45) is 10.8 Å². The van der Waals surface area contributed by atoms with Crippen molar-refractivity contribution in [2.75, 3.05) is 0 Å². The van der Waals surface area contributed by atoms with E-state index in [1.54, 1.807) is 6.07 Å². The molecular weight excluding hydrogens is 296 g/mol. The molecule has 1 aromatic carbocycles. The van der Waals surface area contributed by atoms with Gasteiger partial charge >= 0.3 is 0 Å². The lowest BCUT2D eigenvalue weighted by atomic mass is 9.88. The first-order chi connectivity index (χ1) is 11.0. The lowest BCUT2D eigenvalue weighted by molar-refractivity contribution is 0.358. The molecule has 0 bridgehead atoms. The van der Waals surface area contributed by atoms with Gasteiger partial charge in [-0.3, -0.25) is 0 Å². The Morgan fingerprint density at radius 2 is 1.21 bits per heavy atom. The SMILES string of the molecule is CC(C)(C)CCCCc1cc(O)c(O)c(CCCCC(C)(C)C)c1. The van der Waals surface area contributed by atoms with Crippen molar-refractivity contribution in [1.82, 2.24) is 0 Å². The molecule has 0 heterocycles. The van der Waals surface area contributed by atoms with E-state index in [0.717, 1.165) is 43.2 Å². The molecule has 24 heavy (non-hydrogen) atoms. The normalized spacial score (nSPS) is 12.6. The van der Waals surface area contributed by atoms with Crippen molar-refractivity contribution < 1.29 is 10.2 Å². The van der Waals surface area contributed by atoms with Crippen molar-refractivity contribution >= 4 is 0 Å². The third-order valence-electron chi connectivity index (χ3n) is 4.49. The average Bonchev–Trinajstić information content (AvgIpc) is 2.42. The van der Waals surface area contributed by atoms with Gasteiger partial charge in [-0.05, 0) is 66.5 Å². The Morgan fingerprint density at radius 3 is 1.71 bits per heavy atom. The van der Waals surface area contributed by atoms with Gasteiger partial charge in [0.05, 0.1) is 0 Å². The van der Waals surface area contributed by atoms with Crippen molar-refractivity contribution in [2.45, 2.75) is 92.9 Å². The van der Waals surface area contributed by atoms with Crippen LogP contribution in [-0.2, 0) is 12.8 Å². The minimum atomic E-state index is 0.0362. The first-order valence-electron chi connectivity index (χ1n) is 9.52. The quantitative estimate of drug-likeness (QED) is 0.414. The molecule has 0 aliphatic heterocycles. The van der Waals surface area contributed by atoms with Gasteiger partial charge in [0.1, 0.15) is 0 Å². The van der Waals surface area contributed by atoms with E-state index in [4.69, 9.17) is 0 Å². The summed E-state index contributed by atoms with van der Waals surface area (Å²) >= 11 is 0. The zero-order valence-electron chi connectivity index (χ0n) is 16.7. The van der Waals surface area contributed by atoms with E-state index in [9.17, 15) is 10.2 Å². The summed E-state index contributed by atoms with van der Waals surface area (Å²) in [5.74, 6) is 0.110. The molecule has 0 radical (unpaired) electrons. The predicted octanol–water partition coefficient (Wildman–Crippen LogP) is 6.62. The molecule has 0 unspecified atom stereocenters. The van der Waals surface area contributed by atoms with Crippen molar-refractivity contribution in [1.29, 1.82) is 0 Å². The fourth-order valence-electron chi connectivity index (χ4n) is 3.03. The molecular formula is C22H38O2. The van der Waals surface area contributed by atoms with Crippen LogP contribution in [0.3, 0.4) is 0 Å². The summed E-state index contributed by atoms with van der Waals surface area (Å²) in [6.45, 7) is 13.6. The number of unbranched alkanes of at least 4 members (excludes halogenated alkanes) is 2. The predicted molar refractivity (Wildman–Crippen MR) is 104 cm³/mol. The van der Waals surface area contributed by atoms with Gasteiger partial charge in [-0.25, -0.2) is 0 Å². The van der Waals surface area contributed by atoms with Crippen LogP contribution in [0, 0.1) is 10.8 Å². The standard InChI is InChI=1S/C22H38O2/c1-21(2,3)13-9-7-11-17-15-18(20(24)19(23)16-17)12-8-10-14-22(4,5)6/h15-16,23-24H,7-14H2,1-6H3. The monoisotopic (exact) mass is 334 g/mol. The number of phenols is 2. The molecule has 2 N–H and O–H groups in total. The molecule has 1 aromatic rings. The first kappa shape index (κ1) is 20.9. The Hall–Kier alpha value is -1.18. The highest BCUT2D eigenvalue weighted by Crippen LogP contribution is 2.33. The summed E-state index contributed by atoms with van der Waals surface area (Å²) in [7, 11) is 0. The fourth-order valence-corrected chi connectivity index (χ4v) is 3.03. The van der Waals surface area contributed by atoms with Gasteiger partial charge in [0.2, 0.25) is 0 Å². The summed E-state index contributed by atoms with van der Waals surface area (Å²) in [6.07, 6.45) is 8.75. The molecule has 0 saturated carbocycles. The zero-order chi connectivity index (χ0) is 18.4. The van der Waals surface area contributed by atoms with E-state index in [-0.39, 0.29) is 11.5 Å². The Labute approximate surface area is 149 Å². The number of hydrogen-bond acceptors (Lipinski definition) is 2. The van der Waals surface area contributed by atoms with Gasteiger partial charge in [0.15, 0.2) is 11.5 Å². The van der Waals surface area contributed by atoms with Crippen LogP contribution in [-0.4, -0.2) is 10.2 Å². The van der Waals surface area contributed by atoms with E-state index in [1.807, 2.05) is 0 Å². The van der Waals surface area contributed by atoms with Crippen molar-refractivity contribution in [3.63, 3.8) is 0 Å². The second-order valence-corrected chi connectivity index (χ2v) is 9.66. The summed E-state index contributed by atoms with van der Waals surface area (Å²) in [5.41, 5.74) is 2.79. The van der Waals surface area contributed by atoms with Crippen LogP contribution >= 0.6 is 0 Å². The highest BCUT2D eigenvalue weighted by Gasteiger charge is 2.13. The van der Waals surface area contributed by atoms with E-state index in [2.05, 4.69) is 47.6 Å². The van der Waals surface area contributed by atoms with Crippen LogP contribution in [0.4, 0.5) is 0 Å². The summed E-state index contributed by atoms with van der Waals surface area (Å²) in [6, 6.07) is 3.81. The van der Waals surface area contributed by atoms with Gasteiger partial charge in [0, 0.05) is 0 Å². The van der Waals surface area contributed by atoms with Gasteiger partial charge in [-0.1, -0.05) is 60.5 Å². The lowest BCUT2D eigenvalue weighted by Gasteiger charge is -2.18. The number of rotatable bonds is 8. The lowest BCUT2D eigenvalue weighted by Crippen LogP contribution is -2.04. The molecule has 0 atom stereocenters. The maximum Gasteiger partial charge on any atom is 0.160 e. The smallest absolute Gasteiger partial charge is 0.160 e. The van der Waals surface area contributed by atoms with Gasteiger partial charge in [-0.15, -0.1) is 0 Å². The highest BCUT2D eigenvalue weighted by atomic mass is 16.3. The number of aromatic hydroxyl groups is 2. The van der Waals surface area contributed by atoms with Gasteiger partial charge in [0.25, 0.3) is 0 Å². The van der Waals surface area contributed by atoms with Crippen molar-refractivity contribution in [3.05, 3.63) is 23.3 Å². The molecule has 2 nitrogen and oxygen atoms in total.